The van der Waals surface area contributed by atoms with E-state index < -0.39 is 0 Å². The molecule has 0 amide bonds. The molecule has 20 heavy (non-hydrogen) atoms. The molecule has 0 aliphatic carbocycles. The van der Waals surface area contributed by atoms with Crippen LogP contribution in [0.15, 0.2) is 0 Å². The zero-order chi connectivity index (χ0) is 14.4. The van der Waals surface area contributed by atoms with Crippen LogP contribution >= 0.6 is 0 Å². The Hall–Kier alpha value is -1.59. The molecule has 1 fully saturated rings. The van der Waals surface area contributed by atoms with Crippen molar-refractivity contribution in [2.24, 2.45) is 0 Å². The maximum atomic E-state index is 5.64. The van der Waals surface area contributed by atoms with Gasteiger partial charge in [0.2, 0.25) is 11.9 Å². The normalized spacial score (nSPS) is 15.5. The van der Waals surface area contributed by atoms with Crippen LogP contribution in [0.5, 0.6) is 6.01 Å². The molecule has 1 aromatic heterocycles. The Balaban J connectivity index is 2.19. The number of nitrogens with one attached hydrogen (secondary N) is 1. The Morgan fingerprint density at radius 1 is 1.15 bits per heavy atom. The number of aromatic nitrogens is 3. The van der Waals surface area contributed by atoms with Crippen molar-refractivity contribution >= 4 is 11.9 Å². The fourth-order valence-electron chi connectivity index (χ4n) is 2.16. The van der Waals surface area contributed by atoms with Gasteiger partial charge in [0.25, 0.3) is 0 Å². The zero-order valence-corrected chi connectivity index (χ0v) is 12.7. The number of rotatable bonds is 6. The third-order valence-corrected chi connectivity index (χ3v) is 3.12. The van der Waals surface area contributed by atoms with Crippen molar-refractivity contribution < 1.29 is 4.74 Å². The van der Waals surface area contributed by atoms with Crippen LogP contribution in [0.4, 0.5) is 11.9 Å². The molecule has 112 valence electrons. The number of piperidine rings is 1. The molecule has 0 saturated carbocycles. The lowest BCUT2D eigenvalue weighted by atomic mass is 10.1. The number of hydrogen-bond donors (Lipinski definition) is 1. The van der Waals surface area contributed by atoms with E-state index in [0.29, 0.717) is 12.0 Å². The second-order valence-corrected chi connectivity index (χ2v) is 5.38. The molecule has 0 unspecified atom stereocenters. The Morgan fingerprint density at radius 2 is 1.90 bits per heavy atom. The van der Waals surface area contributed by atoms with E-state index in [-0.39, 0.29) is 6.10 Å². The second-order valence-electron chi connectivity index (χ2n) is 5.38. The minimum atomic E-state index is 0.0608. The van der Waals surface area contributed by atoms with Crippen LogP contribution in [0.25, 0.3) is 0 Å². The van der Waals surface area contributed by atoms with Gasteiger partial charge < -0.3 is 15.0 Å². The van der Waals surface area contributed by atoms with Gasteiger partial charge >= 0.3 is 6.01 Å². The van der Waals surface area contributed by atoms with Gasteiger partial charge in [0, 0.05) is 19.6 Å². The van der Waals surface area contributed by atoms with Gasteiger partial charge in [-0.15, -0.1) is 0 Å². The molecule has 2 rings (SSSR count). The topological polar surface area (TPSA) is 63.2 Å². The maximum Gasteiger partial charge on any atom is 0.323 e. The third-order valence-electron chi connectivity index (χ3n) is 3.12. The van der Waals surface area contributed by atoms with Gasteiger partial charge in [-0.25, -0.2) is 0 Å². The standard InChI is InChI=1S/C14H25N5O/c1-4-8-15-12-16-13(19-9-6-5-7-10-19)18-14(17-12)20-11(2)3/h11H,4-10H2,1-3H3,(H,15,16,17,18). The van der Waals surface area contributed by atoms with Crippen LogP contribution < -0.4 is 15.0 Å². The van der Waals surface area contributed by atoms with Gasteiger partial charge in [0.05, 0.1) is 6.10 Å². The lowest BCUT2D eigenvalue weighted by Crippen LogP contribution is -2.31. The van der Waals surface area contributed by atoms with Crippen LogP contribution in [-0.2, 0) is 0 Å². The Bertz CT molecular complexity index is 418. The lowest BCUT2D eigenvalue weighted by molar-refractivity contribution is 0.222. The molecule has 1 N–H and O–H groups in total. The monoisotopic (exact) mass is 279 g/mol. The smallest absolute Gasteiger partial charge is 0.323 e. The summed E-state index contributed by atoms with van der Waals surface area (Å²) in [5.41, 5.74) is 0. The molecule has 1 aliphatic rings. The number of ether oxygens (including phenoxy) is 1. The SMILES string of the molecule is CCCNc1nc(OC(C)C)nc(N2CCCCC2)n1. The molecule has 1 saturated heterocycles. The van der Waals surface area contributed by atoms with E-state index in [4.69, 9.17) is 4.74 Å². The summed E-state index contributed by atoms with van der Waals surface area (Å²) in [4.78, 5) is 15.5. The van der Waals surface area contributed by atoms with Gasteiger partial charge in [0.15, 0.2) is 0 Å². The van der Waals surface area contributed by atoms with Crippen molar-refractivity contribution in [3.8, 4) is 6.01 Å². The molecule has 0 radical (unpaired) electrons. The molecule has 6 nitrogen and oxygen atoms in total. The number of nitrogens with zero attached hydrogens (tertiary/aromatic N) is 4. The Kier molecular flexibility index (Phi) is 5.38. The van der Waals surface area contributed by atoms with Crippen molar-refractivity contribution in [1.29, 1.82) is 0 Å². The van der Waals surface area contributed by atoms with E-state index in [1.165, 1.54) is 19.3 Å². The largest absolute Gasteiger partial charge is 0.461 e. The van der Waals surface area contributed by atoms with Crippen molar-refractivity contribution in [3.63, 3.8) is 0 Å². The Morgan fingerprint density at radius 3 is 2.55 bits per heavy atom. The molecule has 1 aliphatic heterocycles. The first-order chi connectivity index (χ1) is 9.69. The quantitative estimate of drug-likeness (QED) is 0.863. The summed E-state index contributed by atoms with van der Waals surface area (Å²) in [5, 5.41) is 3.22. The Labute approximate surface area is 121 Å². The summed E-state index contributed by atoms with van der Waals surface area (Å²) in [5.74, 6) is 1.34. The van der Waals surface area contributed by atoms with Crippen molar-refractivity contribution in [2.45, 2.75) is 52.6 Å². The van der Waals surface area contributed by atoms with E-state index in [0.717, 1.165) is 32.0 Å². The van der Waals surface area contributed by atoms with Gasteiger partial charge in [-0.1, -0.05) is 6.92 Å². The van der Waals surface area contributed by atoms with Gasteiger partial charge in [-0.05, 0) is 39.5 Å². The summed E-state index contributed by atoms with van der Waals surface area (Å²) < 4.78 is 5.64. The fourth-order valence-corrected chi connectivity index (χ4v) is 2.16. The minimum Gasteiger partial charge on any atom is -0.461 e. The molecule has 6 heteroatoms. The van der Waals surface area contributed by atoms with E-state index >= 15 is 0 Å². The highest BCUT2D eigenvalue weighted by Crippen LogP contribution is 2.19. The lowest BCUT2D eigenvalue weighted by Gasteiger charge is -2.27. The van der Waals surface area contributed by atoms with Crippen LogP contribution in [-0.4, -0.2) is 40.7 Å². The van der Waals surface area contributed by atoms with Crippen molar-refractivity contribution in [2.75, 3.05) is 29.9 Å². The average molecular weight is 279 g/mol. The highest BCUT2D eigenvalue weighted by Gasteiger charge is 2.17. The van der Waals surface area contributed by atoms with Crippen LogP contribution in [0.3, 0.4) is 0 Å². The molecule has 2 heterocycles. The molecule has 0 atom stereocenters. The molecule has 0 aromatic carbocycles. The summed E-state index contributed by atoms with van der Waals surface area (Å²) in [6.45, 7) is 8.94. The predicted octanol–water partition coefficient (Wildman–Crippen LogP) is 2.47. The summed E-state index contributed by atoms with van der Waals surface area (Å²) >= 11 is 0. The maximum absolute atomic E-state index is 5.64. The van der Waals surface area contributed by atoms with Crippen LogP contribution in [0, 0.1) is 0 Å². The van der Waals surface area contributed by atoms with Gasteiger partial charge in [0.1, 0.15) is 0 Å². The van der Waals surface area contributed by atoms with E-state index in [9.17, 15) is 0 Å². The molecular formula is C14H25N5O. The summed E-state index contributed by atoms with van der Waals surface area (Å²) in [6, 6.07) is 0.411. The van der Waals surface area contributed by atoms with Crippen molar-refractivity contribution in [3.05, 3.63) is 0 Å². The summed E-state index contributed by atoms with van der Waals surface area (Å²) in [7, 11) is 0. The molecule has 0 bridgehead atoms. The highest BCUT2D eigenvalue weighted by atomic mass is 16.5. The minimum absolute atomic E-state index is 0.0608. The van der Waals surface area contributed by atoms with Gasteiger partial charge in [-0.2, -0.15) is 15.0 Å². The molecule has 0 spiro atoms. The first kappa shape index (κ1) is 14.8. The second kappa shape index (κ2) is 7.26. The molecular weight excluding hydrogens is 254 g/mol. The number of anilines is 2. The van der Waals surface area contributed by atoms with Gasteiger partial charge in [-0.3, -0.25) is 0 Å². The van der Waals surface area contributed by atoms with E-state index in [2.05, 4.69) is 32.1 Å². The first-order valence-corrected chi connectivity index (χ1v) is 7.60. The van der Waals surface area contributed by atoms with Crippen LogP contribution in [0.1, 0.15) is 46.5 Å². The van der Waals surface area contributed by atoms with Crippen LogP contribution in [0.2, 0.25) is 0 Å². The zero-order valence-electron chi connectivity index (χ0n) is 12.7. The fraction of sp³-hybridized carbons (Fsp3) is 0.786. The van der Waals surface area contributed by atoms with E-state index in [1.54, 1.807) is 0 Å². The number of hydrogen-bond acceptors (Lipinski definition) is 6. The summed E-state index contributed by atoms with van der Waals surface area (Å²) in [6.07, 6.45) is 4.78. The highest BCUT2D eigenvalue weighted by molar-refractivity contribution is 5.38. The predicted molar refractivity (Wildman–Crippen MR) is 80.4 cm³/mol. The third kappa shape index (κ3) is 4.21. The average Bonchev–Trinajstić information content (AvgIpc) is 2.45. The first-order valence-electron chi connectivity index (χ1n) is 7.60. The van der Waals surface area contributed by atoms with Crippen molar-refractivity contribution in [1.82, 2.24) is 15.0 Å². The molecule has 1 aromatic rings. The van der Waals surface area contributed by atoms with E-state index in [1.807, 2.05) is 13.8 Å².